The monoisotopic (exact) mass is 508 g/mol. The van der Waals surface area contributed by atoms with Gasteiger partial charge in [0.1, 0.15) is 0 Å². The summed E-state index contributed by atoms with van der Waals surface area (Å²) < 4.78 is 32.4. The summed E-state index contributed by atoms with van der Waals surface area (Å²) in [6, 6.07) is 10.6. The maximum atomic E-state index is 15.1. The molecule has 0 unspecified atom stereocenters. The lowest BCUT2D eigenvalue weighted by molar-refractivity contribution is 0.136. The molecule has 196 valence electrons. The zero-order chi connectivity index (χ0) is 26.4. The van der Waals surface area contributed by atoms with Crippen LogP contribution in [0.4, 0.5) is 10.1 Å². The molecule has 0 radical (unpaired) electrons. The molecule has 1 aliphatic rings. The highest BCUT2D eigenvalue weighted by Gasteiger charge is 2.19. The summed E-state index contributed by atoms with van der Waals surface area (Å²) in [6.07, 6.45) is 2.08. The highest BCUT2D eigenvalue weighted by Crippen LogP contribution is 2.37. The number of hydrogen-bond donors (Lipinski definition) is 3. The van der Waals surface area contributed by atoms with Crippen molar-refractivity contribution in [2.45, 2.75) is 13.3 Å². The Morgan fingerprint density at radius 2 is 1.89 bits per heavy atom. The van der Waals surface area contributed by atoms with Crippen molar-refractivity contribution in [3.05, 3.63) is 53.6 Å². The summed E-state index contributed by atoms with van der Waals surface area (Å²) in [7, 11) is 1.54. The Balaban J connectivity index is 1.40. The zero-order valence-electron chi connectivity index (χ0n) is 21.2. The molecule has 0 spiro atoms. The molecule has 4 rings (SSSR count). The minimum Gasteiger partial charge on any atom is -0.493 e. The number of aromatic nitrogens is 1. The molecule has 1 aromatic heterocycles. The van der Waals surface area contributed by atoms with Crippen LogP contribution in [0.5, 0.6) is 17.2 Å². The summed E-state index contributed by atoms with van der Waals surface area (Å²) in [5, 5.41) is 9.26. The number of nitrogens with zero attached hydrogens (tertiary/aromatic N) is 3. The molecule has 0 aliphatic carbocycles. The lowest BCUT2D eigenvalue weighted by atomic mass is 10.1. The van der Waals surface area contributed by atoms with Crippen LogP contribution in [0.2, 0.25) is 0 Å². The van der Waals surface area contributed by atoms with E-state index in [2.05, 4.69) is 20.9 Å². The van der Waals surface area contributed by atoms with Crippen LogP contribution in [-0.4, -0.2) is 67.8 Å². The normalized spacial score (nSPS) is 15.0. The SMILES string of the molecule is COc1cc(/C(=C\N)Oc2ccc3[nH]c(C)cc3c2F)c(N)cc1OCCCN1CCN(CC#N)CC1. The average Bonchev–Trinajstić information content (AvgIpc) is 3.29. The van der Waals surface area contributed by atoms with Crippen LogP contribution in [0.1, 0.15) is 17.7 Å². The van der Waals surface area contributed by atoms with Gasteiger partial charge in [-0.2, -0.15) is 5.26 Å². The highest BCUT2D eigenvalue weighted by atomic mass is 19.1. The van der Waals surface area contributed by atoms with E-state index in [0.717, 1.165) is 44.8 Å². The number of methoxy groups -OCH3 is 1. The Labute approximate surface area is 216 Å². The minimum absolute atomic E-state index is 0.0374. The largest absolute Gasteiger partial charge is 0.493 e. The first-order valence-corrected chi connectivity index (χ1v) is 12.2. The summed E-state index contributed by atoms with van der Waals surface area (Å²) in [6.45, 7) is 7.43. The van der Waals surface area contributed by atoms with Crippen molar-refractivity contribution in [1.82, 2.24) is 14.8 Å². The van der Waals surface area contributed by atoms with Crippen LogP contribution in [0, 0.1) is 24.1 Å². The molecule has 1 saturated heterocycles. The molecular weight excluding hydrogens is 475 g/mol. The van der Waals surface area contributed by atoms with Gasteiger partial charge in [0.05, 0.1) is 26.3 Å². The van der Waals surface area contributed by atoms with Crippen LogP contribution in [0.15, 0.2) is 36.5 Å². The summed E-state index contributed by atoms with van der Waals surface area (Å²) >= 11 is 0. The number of nitrogens with one attached hydrogen (secondary N) is 1. The van der Waals surface area contributed by atoms with Gasteiger partial charge >= 0.3 is 0 Å². The standard InChI is InChI=1S/C27H33FN6O3/c1-18-14-20-22(32-18)4-5-23(27(20)28)37-26(17-30)19-15-24(35-2)25(16-21(19)31)36-13-3-7-33-9-11-34(8-6-29)12-10-33/h4-5,14-17,32H,3,7-13,30-31H2,1-2H3/b26-17+. The first-order valence-electron chi connectivity index (χ1n) is 12.2. The Kier molecular flexibility index (Phi) is 8.38. The lowest BCUT2D eigenvalue weighted by Gasteiger charge is -2.33. The molecule has 2 heterocycles. The molecule has 2 aromatic carbocycles. The Hall–Kier alpha value is -3.94. The van der Waals surface area contributed by atoms with E-state index in [9.17, 15) is 0 Å². The fourth-order valence-electron chi connectivity index (χ4n) is 4.47. The molecule has 0 bridgehead atoms. The second-order valence-corrected chi connectivity index (χ2v) is 8.99. The van der Waals surface area contributed by atoms with E-state index < -0.39 is 5.82 Å². The number of ether oxygens (including phenoxy) is 3. The van der Waals surface area contributed by atoms with E-state index >= 15 is 4.39 Å². The number of H-pyrrole nitrogens is 1. The van der Waals surface area contributed by atoms with E-state index in [1.807, 2.05) is 6.92 Å². The molecule has 0 saturated carbocycles. The van der Waals surface area contributed by atoms with Crippen LogP contribution >= 0.6 is 0 Å². The number of piperazine rings is 1. The molecule has 9 nitrogen and oxygen atoms in total. The van der Waals surface area contributed by atoms with E-state index in [1.165, 1.54) is 13.3 Å². The number of aromatic amines is 1. The van der Waals surface area contributed by atoms with Crippen molar-refractivity contribution in [2.75, 3.05) is 58.7 Å². The molecule has 0 amide bonds. The van der Waals surface area contributed by atoms with Crippen LogP contribution < -0.4 is 25.7 Å². The Morgan fingerprint density at radius 3 is 2.59 bits per heavy atom. The quantitative estimate of drug-likeness (QED) is 0.165. The minimum atomic E-state index is -0.488. The summed E-state index contributed by atoms with van der Waals surface area (Å²) in [5.41, 5.74) is 14.5. The molecule has 1 fully saturated rings. The van der Waals surface area contributed by atoms with E-state index in [0.29, 0.717) is 46.8 Å². The van der Waals surface area contributed by atoms with E-state index in [-0.39, 0.29) is 11.5 Å². The average molecular weight is 509 g/mol. The molecule has 5 N–H and O–H groups in total. The fraction of sp³-hybridized carbons (Fsp3) is 0.370. The second-order valence-electron chi connectivity index (χ2n) is 8.99. The first-order chi connectivity index (χ1) is 17.9. The van der Waals surface area contributed by atoms with Gasteiger partial charge in [0.2, 0.25) is 0 Å². The van der Waals surface area contributed by atoms with Gasteiger partial charge in [0.15, 0.2) is 28.8 Å². The van der Waals surface area contributed by atoms with Gasteiger partial charge in [0.25, 0.3) is 0 Å². The topological polar surface area (TPSA) is 126 Å². The molecule has 37 heavy (non-hydrogen) atoms. The van der Waals surface area contributed by atoms with Gasteiger partial charge in [-0.15, -0.1) is 0 Å². The van der Waals surface area contributed by atoms with E-state index in [1.54, 1.807) is 30.3 Å². The summed E-state index contributed by atoms with van der Waals surface area (Å²) in [4.78, 5) is 7.63. The van der Waals surface area contributed by atoms with Crippen molar-refractivity contribution in [3.63, 3.8) is 0 Å². The number of benzene rings is 2. The predicted molar refractivity (Wildman–Crippen MR) is 142 cm³/mol. The molecule has 0 atom stereocenters. The second kappa shape index (κ2) is 11.9. The Morgan fingerprint density at radius 1 is 1.14 bits per heavy atom. The van der Waals surface area contributed by atoms with Crippen molar-refractivity contribution in [3.8, 4) is 23.3 Å². The number of nitrogens with two attached hydrogens (primary N) is 2. The maximum absolute atomic E-state index is 15.1. The van der Waals surface area contributed by atoms with Gasteiger partial charge in [0, 0.05) is 72.8 Å². The number of hydrogen-bond acceptors (Lipinski definition) is 8. The van der Waals surface area contributed by atoms with Crippen LogP contribution in [0.3, 0.4) is 0 Å². The molecule has 3 aromatic rings. The predicted octanol–water partition coefficient (Wildman–Crippen LogP) is 3.45. The highest BCUT2D eigenvalue weighted by molar-refractivity contribution is 5.83. The number of nitrogen functional groups attached to an aromatic ring is 1. The third-order valence-electron chi connectivity index (χ3n) is 6.45. The van der Waals surface area contributed by atoms with Gasteiger partial charge < -0.3 is 35.6 Å². The van der Waals surface area contributed by atoms with Gasteiger partial charge in [-0.3, -0.25) is 4.90 Å². The van der Waals surface area contributed by atoms with Crippen LogP contribution in [-0.2, 0) is 0 Å². The van der Waals surface area contributed by atoms with Crippen molar-refractivity contribution in [1.29, 1.82) is 5.26 Å². The third kappa shape index (κ3) is 6.07. The third-order valence-corrected chi connectivity index (χ3v) is 6.45. The van der Waals surface area contributed by atoms with Crippen molar-refractivity contribution >= 4 is 22.3 Å². The first kappa shape index (κ1) is 26.1. The number of fused-ring (bicyclic) bond motifs is 1. The maximum Gasteiger partial charge on any atom is 0.175 e. The molecular formula is C27H33FN6O3. The van der Waals surface area contributed by atoms with Crippen molar-refractivity contribution in [2.24, 2.45) is 5.73 Å². The number of nitriles is 1. The van der Waals surface area contributed by atoms with Gasteiger partial charge in [-0.25, -0.2) is 4.39 Å². The van der Waals surface area contributed by atoms with Crippen LogP contribution in [0.25, 0.3) is 16.7 Å². The zero-order valence-corrected chi connectivity index (χ0v) is 21.2. The van der Waals surface area contributed by atoms with E-state index in [4.69, 9.17) is 30.9 Å². The Bertz CT molecular complexity index is 1310. The smallest absolute Gasteiger partial charge is 0.175 e. The number of rotatable bonds is 10. The van der Waals surface area contributed by atoms with Gasteiger partial charge in [-0.05, 0) is 37.6 Å². The fourth-order valence-corrected chi connectivity index (χ4v) is 4.47. The molecule has 1 aliphatic heterocycles. The summed E-state index contributed by atoms with van der Waals surface area (Å²) in [5.74, 6) is 0.723. The van der Waals surface area contributed by atoms with Gasteiger partial charge in [-0.1, -0.05) is 0 Å². The number of anilines is 1. The molecule has 10 heteroatoms. The number of halogens is 1. The van der Waals surface area contributed by atoms with Crippen molar-refractivity contribution < 1.29 is 18.6 Å². The number of aryl methyl sites for hydroxylation is 1. The lowest BCUT2D eigenvalue weighted by Crippen LogP contribution is -2.46.